The van der Waals surface area contributed by atoms with E-state index in [1.165, 1.54) is 19.2 Å². The van der Waals surface area contributed by atoms with Gasteiger partial charge in [0.25, 0.3) is 0 Å². The summed E-state index contributed by atoms with van der Waals surface area (Å²) in [7, 11) is 1.46. The topological polar surface area (TPSA) is 55.8 Å². The number of halogens is 1. The van der Waals surface area contributed by atoms with E-state index in [4.69, 9.17) is 26.2 Å². The fourth-order valence-electron chi connectivity index (χ4n) is 1.65. The Morgan fingerprint density at radius 2 is 2.11 bits per heavy atom. The Morgan fingerprint density at radius 1 is 1.42 bits per heavy atom. The fraction of sp³-hybridized carbons (Fsp3) is 0.500. The van der Waals surface area contributed by atoms with Crippen molar-refractivity contribution in [3.63, 3.8) is 0 Å². The van der Waals surface area contributed by atoms with Crippen molar-refractivity contribution in [2.45, 2.75) is 26.7 Å². The van der Waals surface area contributed by atoms with E-state index in [0.717, 1.165) is 12.8 Å². The summed E-state index contributed by atoms with van der Waals surface area (Å²) in [5, 5.41) is 9.19. The molecular weight excluding hydrogens is 268 g/mol. The van der Waals surface area contributed by atoms with Crippen molar-refractivity contribution in [3.05, 3.63) is 22.7 Å². The van der Waals surface area contributed by atoms with Crippen LogP contribution in [0.3, 0.4) is 0 Å². The van der Waals surface area contributed by atoms with Gasteiger partial charge in [0.05, 0.1) is 24.3 Å². The van der Waals surface area contributed by atoms with Crippen LogP contribution in [0.2, 0.25) is 5.02 Å². The molecule has 19 heavy (non-hydrogen) atoms. The summed E-state index contributed by atoms with van der Waals surface area (Å²) in [4.78, 5) is 10.9. The van der Waals surface area contributed by atoms with Gasteiger partial charge in [-0.05, 0) is 30.9 Å². The molecular formula is C14H19ClO4. The van der Waals surface area contributed by atoms with E-state index in [2.05, 4.69) is 13.8 Å². The van der Waals surface area contributed by atoms with Crippen LogP contribution in [0.15, 0.2) is 12.1 Å². The zero-order chi connectivity index (χ0) is 14.4. The lowest BCUT2D eigenvalue weighted by Gasteiger charge is -2.13. The fourth-order valence-corrected chi connectivity index (χ4v) is 1.91. The van der Waals surface area contributed by atoms with Gasteiger partial charge in [0.1, 0.15) is 0 Å². The SMILES string of the molecule is COc1cc(C(=O)O)cc(Cl)c1OCCCC(C)C. The molecule has 4 nitrogen and oxygen atoms in total. The number of hydrogen-bond acceptors (Lipinski definition) is 3. The number of carboxylic acids is 1. The Kier molecular flexibility index (Phi) is 5.96. The molecule has 0 saturated carbocycles. The summed E-state index contributed by atoms with van der Waals surface area (Å²) in [5.74, 6) is 0.314. The number of aromatic carboxylic acids is 1. The number of ether oxygens (including phenoxy) is 2. The molecule has 1 aromatic carbocycles. The van der Waals surface area contributed by atoms with E-state index in [-0.39, 0.29) is 10.6 Å². The highest BCUT2D eigenvalue weighted by Gasteiger charge is 2.15. The lowest BCUT2D eigenvalue weighted by atomic mass is 10.1. The molecule has 0 aromatic heterocycles. The van der Waals surface area contributed by atoms with Gasteiger partial charge in [0, 0.05) is 0 Å². The predicted octanol–water partition coefficient (Wildman–Crippen LogP) is 3.86. The highest BCUT2D eigenvalue weighted by atomic mass is 35.5. The van der Waals surface area contributed by atoms with Crippen LogP contribution in [0.1, 0.15) is 37.0 Å². The maximum absolute atomic E-state index is 10.9. The van der Waals surface area contributed by atoms with Crippen LogP contribution in [0.5, 0.6) is 11.5 Å². The van der Waals surface area contributed by atoms with Crippen LogP contribution in [-0.4, -0.2) is 24.8 Å². The van der Waals surface area contributed by atoms with Crippen molar-refractivity contribution >= 4 is 17.6 Å². The molecule has 0 aliphatic heterocycles. The third-order valence-corrected chi connectivity index (χ3v) is 2.93. The third kappa shape index (κ3) is 4.63. The van der Waals surface area contributed by atoms with Crippen molar-refractivity contribution in [1.29, 1.82) is 0 Å². The second kappa shape index (κ2) is 7.24. The van der Waals surface area contributed by atoms with Gasteiger partial charge in [-0.3, -0.25) is 0 Å². The number of rotatable bonds is 7. The Labute approximate surface area is 118 Å². The molecule has 0 radical (unpaired) electrons. The lowest BCUT2D eigenvalue weighted by molar-refractivity contribution is 0.0696. The Balaban J connectivity index is 2.79. The molecule has 0 aliphatic rings. The average molecular weight is 287 g/mol. The Hall–Kier alpha value is -1.42. The van der Waals surface area contributed by atoms with E-state index in [9.17, 15) is 4.79 Å². The molecule has 0 amide bonds. The first-order valence-corrected chi connectivity index (χ1v) is 6.57. The molecule has 0 heterocycles. The largest absolute Gasteiger partial charge is 0.493 e. The van der Waals surface area contributed by atoms with E-state index < -0.39 is 5.97 Å². The van der Waals surface area contributed by atoms with Gasteiger partial charge in [-0.15, -0.1) is 0 Å². The van der Waals surface area contributed by atoms with Crippen LogP contribution in [0, 0.1) is 5.92 Å². The standard InChI is InChI=1S/C14H19ClO4/c1-9(2)5-4-6-19-13-11(15)7-10(14(16)17)8-12(13)18-3/h7-9H,4-6H2,1-3H3,(H,16,17). The molecule has 5 heteroatoms. The van der Waals surface area contributed by atoms with Gasteiger partial charge >= 0.3 is 5.97 Å². The first-order chi connectivity index (χ1) is 8.95. The Bertz CT molecular complexity index is 443. The van der Waals surface area contributed by atoms with Crippen LogP contribution in [0.4, 0.5) is 0 Å². The monoisotopic (exact) mass is 286 g/mol. The van der Waals surface area contributed by atoms with Crippen molar-refractivity contribution in [3.8, 4) is 11.5 Å². The quantitative estimate of drug-likeness (QED) is 0.773. The minimum atomic E-state index is -1.05. The van der Waals surface area contributed by atoms with Gasteiger partial charge in [-0.1, -0.05) is 25.4 Å². The van der Waals surface area contributed by atoms with E-state index in [1.807, 2.05) is 0 Å². The zero-order valence-electron chi connectivity index (χ0n) is 11.4. The molecule has 0 aliphatic carbocycles. The molecule has 1 rings (SSSR count). The first kappa shape index (κ1) is 15.6. The first-order valence-electron chi connectivity index (χ1n) is 6.19. The molecule has 0 bridgehead atoms. The van der Waals surface area contributed by atoms with Gasteiger partial charge in [0.15, 0.2) is 11.5 Å². The van der Waals surface area contributed by atoms with Gasteiger partial charge < -0.3 is 14.6 Å². The van der Waals surface area contributed by atoms with E-state index in [1.54, 1.807) is 0 Å². The molecule has 0 unspecified atom stereocenters. The number of carbonyl (C=O) groups is 1. The van der Waals surface area contributed by atoms with Crippen molar-refractivity contribution in [1.82, 2.24) is 0 Å². The number of carboxylic acid groups (broad SMARTS) is 1. The maximum Gasteiger partial charge on any atom is 0.335 e. The summed E-state index contributed by atoms with van der Waals surface area (Å²) >= 11 is 6.03. The summed E-state index contributed by atoms with van der Waals surface area (Å²) in [6, 6.07) is 2.77. The molecule has 1 aromatic rings. The van der Waals surface area contributed by atoms with Crippen LogP contribution < -0.4 is 9.47 Å². The van der Waals surface area contributed by atoms with Crippen LogP contribution >= 0.6 is 11.6 Å². The summed E-state index contributed by atoms with van der Waals surface area (Å²) in [5.41, 5.74) is 0.0800. The zero-order valence-corrected chi connectivity index (χ0v) is 12.2. The summed E-state index contributed by atoms with van der Waals surface area (Å²) < 4.78 is 10.7. The highest BCUT2D eigenvalue weighted by Crippen LogP contribution is 2.36. The van der Waals surface area contributed by atoms with Crippen molar-refractivity contribution in [2.75, 3.05) is 13.7 Å². The minimum Gasteiger partial charge on any atom is -0.493 e. The smallest absolute Gasteiger partial charge is 0.335 e. The van der Waals surface area contributed by atoms with Crippen LogP contribution in [0.25, 0.3) is 0 Å². The molecule has 1 N–H and O–H groups in total. The molecule has 0 saturated heterocycles. The van der Waals surface area contributed by atoms with Gasteiger partial charge in [-0.2, -0.15) is 0 Å². The number of benzene rings is 1. The normalized spacial score (nSPS) is 10.6. The second-order valence-corrected chi connectivity index (χ2v) is 5.09. The van der Waals surface area contributed by atoms with Crippen LogP contribution in [-0.2, 0) is 0 Å². The van der Waals surface area contributed by atoms with E-state index >= 15 is 0 Å². The van der Waals surface area contributed by atoms with E-state index in [0.29, 0.717) is 24.0 Å². The van der Waals surface area contributed by atoms with Gasteiger partial charge in [-0.25, -0.2) is 4.79 Å². The minimum absolute atomic E-state index is 0.0800. The molecule has 106 valence electrons. The molecule has 0 atom stereocenters. The predicted molar refractivity (Wildman–Crippen MR) is 74.5 cm³/mol. The second-order valence-electron chi connectivity index (χ2n) is 4.68. The van der Waals surface area contributed by atoms with Crippen molar-refractivity contribution < 1.29 is 19.4 Å². The van der Waals surface area contributed by atoms with Gasteiger partial charge in [0.2, 0.25) is 0 Å². The summed E-state index contributed by atoms with van der Waals surface area (Å²) in [6.07, 6.45) is 1.98. The maximum atomic E-state index is 10.9. The number of hydrogen-bond donors (Lipinski definition) is 1. The number of methoxy groups -OCH3 is 1. The third-order valence-electron chi connectivity index (χ3n) is 2.65. The lowest BCUT2D eigenvalue weighted by Crippen LogP contribution is -2.04. The van der Waals surface area contributed by atoms with Crippen molar-refractivity contribution in [2.24, 2.45) is 5.92 Å². The average Bonchev–Trinajstić information content (AvgIpc) is 2.34. The summed E-state index contributed by atoms with van der Waals surface area (Å²) in [6.45, 7) is 4.82. The Morgan fingerprint density at radius 3 is 2.63 bits per heavy atom. The molecule has 0 spiro atoms. The molecule has 0 fully saturated rings. The highest BCUT2D eigenvalue weighted by molar-refractivity contribution is 6.32.